The van der Waals surface area contributed by atoms with Crippen molar-refractivity contribution in [3.8, 4) is 0 Å². The summed E-state index contributed by atoms with van der Waals surface area (Å²) in [5, 5.41) is 9.40. The molecule has 2 unspecified atom stereocenters. The predicted octanol–water partition coefficient (Wildman–Crippen LogP) is 5.51. The molecule has 1 N–H and O–H groups in total. The lowest BCUT2D eigenvalue weighted by atomic mass is 9.85. The summed E-state index contributed by atoms with van der Waals surface area (Å²) < 4.78 is 29.8. The van der Waals surface area contributed by atoms with Gasteiger partial charge in [0.15, 0.2) is 5.78 Å². The zero-order valence-corrected chi connectivity index (χ0v) is 30.4. The zero-order valence-electron chi connectivity index (χ0n) is 30.4. The highest BCUT2D eigenvalue weighted by atomic mass is 16.6. The highest BCUT2D eigenvalue weighted by Gasteiger charge is 2.33. The van der Waals surface area contributed by atoms with E-state index in [1.807, 2.05) is 48.5 Å². The molecule has 1 fully saturated rings. The summed E-state index contributed by atoms with van der Waals surface area (Å²) >= 11 is 0. The van der Waals surface area contributed by atoms with Gasteiger partial charge in [0.2, 0.25) is 0 Å². The lowest BCUT2D eigenvalue weighted by Crippen LogP contribution is -2.32. The smallest absolute Gasteiger partial charge is 0.338 e. The van der Waals surface area contributed by atoms with Gasteiger partial charge in [-0.1, -0.05) is 46.8 Å². The second-order valence-electron chi connectivity index (χ2n) is 11.8. The second-order valence-corrected chi connectivity index (χ2v) is 11.8. The molecule has 1 aromatic rings. The molecule has 2 rings (SSSR count). The lowest BCUT2D eigenvalue weighted by Gasteiger charge is -2.24. The number of hydrogen-bond donors (Lipinski definition) is 1. The van der Waals surface area contributed by atoms with Gasteiger partial charge < -0.3 is 33.5 Å². The topological polar surface area (TPSA) is 164 Å². The monoisotopic (exact) mass is 682 g/mol. The van der Waals surface area contributed by atoms with Crippen molar-refractivity contribution in [2.45, 2.75) is 107 Å². The third kappa shape index (κ3) is 17.7. The van der Waals surface area contributed by atoms with Gasteiger partial charge in [0.05, 0.1) is 29.6 Å². The number of aliphatic hydroxyl groups excluding tert-OH is 1. The maximum Gasteiger partial charge on any atom is 0.338 e. The maximum atomic E-state index is 11.7. The number of carbonyl (C=O) groups is 5. The molecule has 1 aliphatic heterocycles. The molecule has 12 heteroatoms. The van der Waals surface area contributed by atoms with Crippen LogP contribution in [0.25, 0.3) is 0 Å². The zero-order chi connectivity index (χ0) is 36.8. The van der Waals surface area contributed by atoms with E-state index in [0.717, 1.165) is 19.4 Å². The van der Waals surface area contributed by atoms with E-state index in [2.05, 4.69) is 4.74 Å². The number of carbonyl (C=O) groups excluding carboxylic acids is 5. The fourth-order valence-corrected chi connectivity index (χ4v) is 3.61. The van der Waals surface area contributed by atoms with E-state index in [-0.39, 0.29) is 49.1 Å². The average Bonchev–Trinajstić information content (AvgIpc) is 3.94. The normalized spacial score (nSPS) is 14.2. The Bertz CT molecular complexity index is 1100. The van der Waals surface area contributed by atoms with Crippen LogP contribution in [-0.2, 0) is 42.8 Å². The first-order chi connectivity index (χ1) is 22.7. The van der Waals surface area contributed by atoms with Crippen LogP contribution in [0.15, 0.2) is 24.3 Å². The first-order valence-corrected chi connectivity index (χ1v) is 16.8. The Hall–Kier alpha value is -3.35. The molecule has 1 aromatic carbocycles. The van der Waals surface area contributed by atoms with Gasteiger partial charge in [0, 0.05) is 25.5 Å². The number of epoxide rings is 1. The van der Waals surface area contributed by atoms with Crippen molar-refractivity contribution in [3.05, 3.63) is 35.4 Å². The molecule has 0 saturated carbocycles. The summed E-state index contributed by atoms with van der Waals surface area (Å²) in [6.07, 6.45) is 2.67. The molecule has 0 spiro atoms. The Morgan fingerprint density at radius 1 is 0.771 bits per heavy atom. The summed E-state index contributed by atoms with van der Waals surface area (Å²) in [6.45, 7) is 18.7. The van der Waals surface area contributed by atoms with Gasteiger partial charge in [-0.05, 0) is 58.6 Å². The molecule has 1 heterocycles. The minimum Gasteiger partial charge on any atom is -0.463 e. The Morgan fingerprint density at radius 3 is 1.69 bits per heavy atom. The van der Waals surface area contributed by atoms with Crippen molar-refractivity contribution in [3.63, 3.8) is 0 Å². The fourth-order valence-electron chi connectivity index (χ4n) is 3.61. The van der Waals surface area contributed by atoms with Crippen LogP contribution in [0.1, 0.15) is 115 Å². The number of ketones is 1. The van der Waals surface area contributed by atoms with Crippen LogP contribution in [0.5, 0.6) is 0 Å². The minimum atomic E-state index is -0.971. The van der Waals surface area contributed by atoms with Gasteiger partial charge in [0.25, 0.3) is 0 Å². The highest BCUT2D eigenvalue weighted by molar-refractivity contribution is 5.97. The van der Waals surface area contributed by atoms with Crippen molar-refractivity contribution in [1.82, 2.24) is 0 Å². The molecular formula is C36H58O12. The van der Waals surface area contributed by atoms with E-state index in [9.17, 15) is 29.1 Å². The first-order valence-electron chi connectivity index (χ1n) is 16.8. The Labute approximate surface area is 286 Å². The Kier molecular flexibility index (Phi) is 22.2. The van der Waals surface area contributed by atoms with Crippen molar-refractivity contribution in [2.75, 3.05) is 46.2 Å². The van der Waals surface area contributed by atoms with E-state index < -0.39 is 23.5 Å². The van der Waals surface area contributed by atoms with Crippen LogP contribution in [0, 0.1) is 10.8 Å². The van der Waals surface area contributed by atoms with Crippen LogP contribution in [0.3, 0.4) is 0 Å². The second kappa shape index (κ2) is 23.9. The third-order valence-corrected chi connectivity index (χ3v) is 8.22. The highest BCUT2D eigenvalue weighted by Crippen LogP contribution is 2.28. The largest absolute Gasteiger partial charge is 0.463 e. The Morgan fingerprint density at radius 2 is 1.25 bits per heavy atom. The van der Waals surface area contributed by atoms with Gasteiger partial charge >= 0.3 is 23.9 Å². The number of benzene rings is 1. The molecular weight excluding hydrogens is 624 g/mol. The number of aliphatic hydroxyl groups is 1. The average molecular weight is 683 g/mol. The number of ether oxygens (including phenoxy) is 6. The quantitative estimate of drug-likeness (QED) is 0.0641. The molecule has 0 aromatic heterocycles. The maximum absolute atomic E-state index is 11.7. The standard InChI is InChI=1S/C14H18O4.C12H22O5.C10H18O3/c1-3-13(15)11-5-7-12(8-6-11)14(16)18-10-9-17-4-2;1-5-12(4,6-2)11(15)17-8-10(14)7-16-9(3)13;1-4-10(3,5-2)9(11)13-7-8-6-12-8/h5-8H,3-4,9-10H2,1-2H3;10,14H,5-8H2,1-4H3;8H,4-7H2,1-3H3. The van der Waals surface area contributed by atoms with Crippen LogP contribution in [0.4, 0.5) is 0 Å². The molecule has 48 heavy (non-hydrogen) atoms. The summed E-state index contributed by atoms with van der Waals surface area (Å²) in [5.74, 6) is -1.23. The van der Waals surface area contributed by atoms with E-state index >= 15 is 0 Å². The summed E-state index contributed by atoms with van der Waals surface area (Å²) in [4.78, 5) is 56.8. The fraction of sp³-hybridized carbons (Fsp3) is 0.694. The summed E-state index contributed by atoms with van der Waals surface area (Å²) in [6, 6.07) is 6.49. The van der Waals surface area contributed by atoms with E-state index in [1.165, 1.54) is 6.92 Å². The van der Waals surface area contributed by atoms with Crippen molar-refractivity contribution >= 4 is 29.7 Å². The summed E-state index contributed by atoms with van der Waals surface area (Å²) in [5.41, 5.74) is 0.235. The van der Waals surface area contributed by atoms with Crippen LogP contribution < -0.4 is 0 Å². The van der Waals surface area contributed by atoms with Gasteiger partial charge in [-0.2, -0.15) is 0 Å². The molecule has 274 valence electrons. The molecule has 0 bridgehead atoms. The van der Waals surface area contributed by atoms with Crippen molar-refractivity contribution in [2.24, 2.45) is 10.8 Å². The van der Waals surface area contributed by atoms with Gasteiger partial charge in [-0.15, -0.1) is 0 Å². The molecule has 0 radical (unpaired) electrons. The van der Waals surface area contributed by atoms with Gasteiger partial charge in [-0.3, -0.25) is 19.2 Å². The van der Waals surface area contributed by atoms with Crippen LogP contribution >= 0.6 is 0 Å². The molecule has 1 aliphatic rings. The summed E-state index contributed by atoms with van der Waals surface area (Å²) in [7, 11) is 0. The lowest BCUT2D eigenvalue weighted by molar-refractivity contribution is -0.160. The minimum absolute atomic E-state index is 0.0614. The number of Topliss-reactive ketones (excluding diaryl/α,β-unsaturated/α-hetero) is 1. The van der Waals surface area contributed by atoms with Gasteiger partial charge in [-0.25, -0.2) is 4.79 Å². The molecule has 0 amide bonds. The first kappa shape index (κ1) is 44.6. The predicted molar refractivity (Wildman–Crippen MR) is 180 cm³/mol. The molecule has 2 atom stereocenters. The van der Waals surface area contributed by atoms with E-state index in [1.54, 1.807) is 31.2 Å². The van der Waals surface area contributed by atoms with Crippen molar-refractivity contribution < 1.29 is 57.5 Å². The van der Waals surface area contributed by atoms with Gasteiger partial charge in [0.1, 0.15) is 38.6 Å². The van der Waals surface area contributed by atoms with Crippen LogP contribution in [-0.4, -0.2) is 93.2 Å². The molecule has 1 saturated heterocycles. The van der Waals surface area contributed by atoms with Crippen LogP contribution in [0.2, 0.25) is 0 Å². The van der Waals surface area contributed by atoms with E-state index in [4.69, 9.17) is 23.7 Å². The Balaban J connectivity index is 0.000000699. The number of rotatable bonds is 19. The third-order valence-electron chi connectivity index (χ3n) is 8.22. The SMILES string of the molecule is CCC(C)(CC)C(=O)OCC(O)COC(C)=O.CCC(C)(CC)C(=O)OCC1CO1.CCOCCOC(=O)c1ccc(C(=O)CC)cc1. The van der Waals surface area contributed by atoms with Crippen molar-refractivity contribution in [1.29, 1.82) is 0 Å². The number of hydrogen-bond acceptors (Lipinski definition) is 12. The molecule has 12 nitrogen and oxygen atoms in total. The molecule has 0 aliphatic carbocycles. The number of esters is 4. The van der Waals surface area contributed by atoms with E-state index in [0.29, 0.717) is 50.2 Å².